The number of thiophene rings is 1. The van der Waals surface area contributed by atoms with E-state index in [1.54, 1.807) is 6.07 Å². The van der Waals surface area contributed by atoms with Crippen molar-refractivity contribution in [3.05, 3.63) is 57.0 Å². The van der Waals surface area contributed by atoms with Crippen LogP contribution in [0.2, 0.25) is 0 Å². The minimum atomic E-state index is -0.782. The second-order valence-electron chi connectivity index (χ2n) is 6.51. The molecule has 0 bridgehead atoms. The van der Waals surface area contributed by atoms with Crippen LogP contribution in [-0.4, -0.2) is 46.9 Å². The van der Waals surface area contributed by atoms with Crippen molar-refractivity contribution in [1.82, 2.24) is 9.88 Å². The van der Waals surface area contributed by atoms with Gasteiger partial charge in [0.1, 0.15) is 11.3 Å². The highest BCUT2D eigenvalue weighted by molar-refractivity contribution is 7.22. The van der Waals surface area contributed by atoms with Crippen LogP contribution in [0.3, 0.4) is 0 Å². The Labute approximate surface area is 185 Å². The highest BCUT2D eigenvalue weighted by atomic mass is 32.1. The van der Waals surface area contributed by atoms with Gasteiger partial charge in [0.2, 0.25) is 0 Å². The second-order valence-corrected chi connectivity index (χ2v) is 8.62. The number of fused-ring (bicyclic) bond motifs is 1. The number of benzene rings is 1. The zero-order valence-electron chi connectivity index (χ0n) is 16.9. The molecule has 0 aliphatic heterocycles. The van der Waals surface area contributed by atoms with Gasteiger partial charge in [-0.25, -0.2) is 13.8 Å². The molecule has 0 saturated heterocycles. The van der Waals surface area contributed by atoms with Gasteiger partial charge >= 0.3 is 5.00 Å². The van der Waals surface area contributed by atoms with Gasteiger partial charge in [-0.15, -0.1) is 0 Å². The van der Waals surface area contributed by atoms with Crippen LogP contribution in [0.15, 0.2) is 30.3 Å². The van der Waals surface area contributed by atoms with Gasteiger partial charge in [-0.2, -0.15) is 0 Å². The number of thiazole rings is 1. The van der Waals surface area contributed by atoms with E-state index in [0.717, 1.165) is 41.8 Å². The van der Waals surface area contributed by atoms with Crippen LogP contribution in [-0.2, 0) is 4.79 Å². The SMILES string of the molecule is CCN(CC)CCN(C(=O)/C=C/c1ccc([N+](=O)[O-])s1)c1nc2c(F)cc(F)cc2s1. The molecule has 31 heavy (non-hydrogen) atoms. The van der Waals surface area contributed by atoms with Crippen LogP contribution < -0.4 is 4.90 Å². The molecular formula is C20H20F2N4O3S2. The highest BCUT2D eigenvalue weighted by Gasteiger charge is 2.20. The number of carbonyl (C=O) groups excluding carboxylic acids is 1. The molecule has 0 aliphatic carbocycles. The summed E-state index contributed by atoms with van der Waals surface area (Å²) in [5.41, 5.74) is 0.0138. The number of halogens is 2. The van der Waals surface area contributed by atoms with Crippen LogP contribution >= 0.6 is 22.7 Å². The minimum Gasteiger partial charge on any atom is -0.302 e. The van der Waals surface area contributed by atoms with Gasteiger partial charge < -0.3 is 4.90 Å². The lowest BCUT2D eigenvalue weighted by Crippen LogP contribution is -2.38. The van der Waals surface area contributed by atoms with Crippen LogP contribution in [0, 0.1) is 21.7 Å². The van der Waals surface area contributed by atoms with E-state index in [9.17, 15) is 23.7 Å². The molecule has 0 saturated carbocycles. The topological polar surface area (TPSA) is 79.6 Å². The first-order valence-electron chi connectivity index (χ1n) is 9.54. The Balaban J connectivity index is 1.89. The number of hydrogen-bond acceptors (Lipinski definition) is 7. The van der Waals surface area contributed by atoms with Crippen LogP contribution in [0.5, 0.6) is 0 Å². The largest absolute Gasteiger partial charge is 0.324 e. The van der Waals surface area contributed by atoms with Crippen molar-refractivity contribution in [2.45, 2.75) is 13.8 Å². The van der Waals surface area contributed by atoms with Gasteiger partial charge in [-0.05, 0) is 31.3 Å². The number of amides is 1. The lowest BCUT2D eigenvalue weighted by atomic mass is 10.3. The van der Waals surface area contributed by atoms with E-state index in [0.29, 0.717) is 22.7 Å². The summed E-state index contributed by atoms with van der Waals surface area (Å²) >= 11 is 1.99. The summed E-state index contributed by atoms with van der Waals surface area (Å²) in [7, 11) is 0. The summed E-state index contributed by atoms with van der Waals surface area (Å²) in [6, 6.07) is 4.88. The Morgan fingerprint density at radius 3 is 2.58 bits per heavy atom. The van der Waals surface area contributed by atoms with E-state index in [-0.39, 0.29) is 15.6 Å². The van der Waals surface area contributed by atoms with E-state index < -0.39 is 22.5 Å². The van der Waals surface area contributed by atoms with Crippen LogP contribution in [0.25, 0.3) is 16.3 Å². The molecule has 1 aromatic carbocycles. The molecule has 1 amide bonds. The number of rotatable bonds is 9. The number of likely N-dealkylation sites (N-methyl/N-ethyl adjacent to an activating group) is 1. The molecule has 0 fully saturated rings. The summed E-state index contributed by atoms with van der Waals surface area (Å²) in [4.78, 5) is 31.6. The molecule has 3 rings (SSSR count). The maximum absolute atomic E-state index is 14.1. The van der Waals surface area contributed by atoms with Crippen LogP contribution in [0.1, 0.15) is 18.7 Å². The quantitative estimate of drug-likeness (QED) is 0.254. The Kier molecular flexibility index (Phi) is 7.42. The van der Waals surface area contributed by atoms with E-state index in [4.69, 9.17) is 0 Å². The van der Waals surface area contributed by atoms with Crippen molar-refractivity contribution in [2.75, 3.05) is 31.1 Å². The number of aromatic nitrogens is 1. The average Bonchev–Trinajstić information content (AvgIpc) is 3.37. The van der Waals surface area contributed by atoms with Crippen molar-refractivity contribution >= 4 is 55.0 Å². The number of nitrogens with zero attached hydrogens (tertiary/aromatic N) is 4. The van der Waals surface area contributed by atoms with Crippen molar-refractivity contribution < 1.29 is 18.5 Å². The van der Waals surface area contributed by atoms with Gasteiger partial charge in [0.25, 0.3) is 5.91 Å². The Bertz CT molecular complexity index is 1130. The lowest BCUT2D eigenvalue weighted by molar-refractivity contribution is -0.380. The number of anilines is 1. The third-order valence-corrected chi connectivity index (χ3v) is 6.64. The zero-order valence-corrected chi connectivity index (χ0v) is 18.5. The van der Waals surface area contributed by atoms with Crippen LogP contribution in [0.4, 0.5) is 18.9 Å². The van der Waals surface area contributed by atoms with Crippen molar-refractivity contribution in [3.8, 4) is 0 Å². The summed E-state index contributed by atoms with van der Waals surface area (Å²) in [5.74, 6) is -1.89. The summed E-state index contributed by atoms with van der Waals surface area (Å²) in [5, 5.41) is 11.1. The lowest BCUT2D eigenvalue weighted by Gasteiger charge is -2.23. The Morgan fingerprint density at radius 2 is 1.94 bits per heavy atom. The molecular weight excluding hydrogens is 446 g/mol. The van der Waals surface area contributed by atoms with Gasteiger partial charge in [-0.1, -0.05) is 36.5 Å². The van der Waals surface area contributed by atoms with Crippen molar-refractivity contribution in [1.29, 1.82) is 0 Å². The fourth-order valence-electron chi connectivity index (χ4n) is 2.92. The molecule has 0 aliphatic rings. The van der Waals surface area contributed by atoms with E-state index in [2.05, 4.69) is 9.88 Å². The average molecular weight is 467 g/mol. The fraction of sp³-hybridized carbons (Fsp3) is 0.300. The van der Waals surface area contributed by atoms with Crippen molar-refractivity contribution in [3.63, 3.8) is 0 Å². The van der Waals surface area contributed by atoms with Gasteiger partial charge in [0, 0.05) is 36.2 Å². The van der Waals surface area contributed by atoms with Crippen molar-refractivity contribution in [2.24, 2.45) is 0 Å². The Morgan fingerprint density at radius 1 is 1.19 bits per heavy atom. The first kappa shape index (κ1) is 22.9. The van der Waals surface area contributed by atoms with E-state index in [1.165, 1.54) is 29.2 Å². The molecule has 0 atom stereocenters. The number of carbonyl (C=O) groups is 1. The first-order valence-corrected chi connectivity index (χ1v) is 11.2. The smallest absolute Gasteiger partial charge is 0.302 e. The van der Waals surface area contributed by atoms with E-state index in [1.807, 2.05) is 13.8 Å². The maximum atomic E-state index is 14.1. The predicted octanol–water partition coefficient (Wildman–Crippen LogP) is 4.93. The number of nitro groups is 1. The normalized spacial score (nSPS) is 11.6. The zero-order chi connectivity index (χ0) is 22.5. The summed E-state index contributed by atoms with van der Waals surface area (Å²) < 4.78 is 28.0. The third-order valence-electron chi connectivity index (χ3n) is 4.62. The molecule has 0 N–H and O–H groups in total. The third kappa shape index (κ3) is 5.49. The second kappa shape index (κ2) is 10.0. The summed E-state index contributed by atoms with van der Waals surface area (Å²) in [6.45, 7) is 6.49. The fourth-order valence-corrected chi connectivity index (χ4v) is 4.68. The molecule has 0 unspecified atom stereocenters. The van der Waals surface area contributed by atoms with E-state index >= 15 is 0 Å². The van der Waals surface area contributed by atoms with Gasteiger partial charge in [0.05, 0.1) is 9.62 Å². The summed E-state index contributed by atoms with van der Waals surface area (Å²) in [6.07, 6.45) is 2.80. The first-order chi connectivity index (χ1) is 14.8. The molecule has 0 spiro atoms. The highest BCUT2D eigenvalue weighted by Crippen LogP contribution is 2.31. The Hall–Kier alpha value is -2.76. The molecule has 164 valence electrons. The molecule has 0 radical (unpaired) electrons. The minimum absolute atomic E-state index is 0.0138. The van der Waals surface area contributed by atoms with Gasteiger partial charge in [-0.3, -0.25) is 19.8 Å². The molecule has 11 heteroatoms. The standard InChI is InChI=1S/C20H20F2N4O3S2/c1-3-24(4-2)9-10-25(17(27)7-5-14-6-8-18(30-14)26(28)29)20-23-19-15(22)11-13(21)12-16(19)31-20/h5-8,11-12H,3-4,9-10H2,1-2H3/b7-5+. The molecule has 7 nitrogen and oxygen atoms in total. The van der Waals surface area contributed by atoms with Gasteiger partial charge in [0.15, 0.2) is 10.9 Å². The number of hydrogen-bond donors (Lipinski definition) is 0. The predicted molar refractivity (Wildman–Crippen MR) is 120 cm³/mol. The molecule has 2 heterocycles. The monoisotopic (exact) mass is 466 g/mol. The molecule has 2 aromatic heterocycles. The maximum Gasteiger partial charge on any atom is 0.324 e. The molecule has 3 aromatic rings.